The van der Waals surface area contributed by atoms with Crippen LogP contribution < -0.4 is 15.7 Å². The minimum Gasteiger partial charge on any atom is -0.497 e. The van der Waals surface area contributed by atoms with Crippen LogP contribution in [-0.2, 0) is 12.8 Å². The fourth-order valence-corrected chi connectivity index (χ4v) is 2.40. The summed E-state index contributed by atoms with van der Waals surface area (Å²) in [6.45, 7) is 0.838. The van der Waals surface area contributed by atoms with Crippen LogP contribution in [0, 0.1) is 0 Å². The lowest BCUT2D eigenvalue weighted by atomic mass is 10.0. The van der Waals surface area contributed by atoms with Crippen LogP contribution in [0.3, 0.4) is 0 Å². The zero-order valence-electron chi connectivity index (χ0n) is 10.7. The number of methoxy groups -OCH3 is 1. The van der Waals surface area contributed by atoms with E-state index in [0.717, 1.165) is 41.4 Å². The number of nitrogens with zero attached hydrogens (tertiary/aromatic N) is 1. The van der Waals surface area contributed by atoms with E-state index in [-0.39, 0.29) is 5.69 Å². The van der Waals surface area contributed by atoms with Gasteiger partial charge >= 0.3 is 5.69 Å². The maximum atomic E-state index is 11.5. The molecule has 0 spiro atoms. The molecule has 3 rings (SSSR count). The predicted octanol–water partition coefficient (Wildman–Crippen LogP) is 1.34. The summed E-state index contributed by atoms with van der Waals surface area (Å²) >= 11 is 0. The zero-order chi connectivity index (χ0) is 13.2. The highest BCUT2D eigenvalue weighted by Gasteiger charge is 2.17. The molecule has 5 nitrogen and oxygen atoms in total. The van der Waals surface area contributed by atoms with Crippen LogP contribution in [0.5, 0.6) is 5.75 Å². The second kappa shape index (κ2) is 4.76. The molecule has 1 aliphatic heterocycles. The summed E-state index contributed by atoms with van der Waals surface area (Å²) in [5.41, 5.74) is 2.86. The largest absolute Gasteiger partial charge is 0.497 e. The van der Waals surface area contributed by atoms with Gasteiger partial charge < -0.3 is 15.0 Å². The first-order valence-electron chi connectivity index (χ1n) is 6.25. The van der Waals surface area contributed by atoms with Crippen LogP contribution in [0.2, 0.25) is 0 Å². The van der Waals surface area contributed by atoms with E-state index < -0.39 is 0 Å². The van der Waals surface area contributed by atoms with Crippen molar-refractivity contribution in [1.82, 2.24) is 9.97 Å². The Balaban J connectivity index is 1.97. The predicted molar refractivity (Wildman–Crippen MR) is 72.9 cm³/mol. The van der Waals surface area contributed by atoms with Crippen molar-refractivity contribution in [2.45, 2.75) is 12.8 Å². The Morgan fingerprint density at radius 3 is 3.16 bits per heavy atom. The van der Waals surface area contributed by atoms with Crippen molar-refractivity contribution < 1.29 is 4.74 Å². The molecule has 5 heteroatoms. The Hall–Kier alpha value is -2.30. The minimum absolute atomic E-state index is 0.300. The third kappa shape index (κ3) is 2.31. The smallest absolute Gasteiger partial charge is 0.347 e. The molecule has 98 valence electrons. The number of rotatable bonds is 3. The van der Waals surface area contributed by atoms with Crippen LogP contribution in [0.25, 0.3) is 0 Å². The Bertz CT molecular complexity index is 664. The van der Waals surface area contributed by atoms with Gasteiger partial charge in [0.05, 0.1) is 7.11 Å². The Kier molecular flexibility index (Phi) is 2.95. The van der Waals surface area contributed by atoms with E-state index in [4.69, 9.17) is 4.74 Å². The summed E-state index contributed by atoms with van der Waals surface area (Å²) in [4.78, 5) is 18.3. The molecule has 2 aromatic rings. The first kappa shape index (κ1) is 11.8. The van der Waals surface area contributed by atoms with E-state index in [1.807, 2.05) is 24.3 Å². The third-order valence-electron chi connectivity index (χ3n) is 3.30. The summed E-state index contributed by atoms with van der Waals surface area (Å²) < 4.78 is 5.21. The molecule has 19 heavy (non-hydrogen) atoms. The molecule has 2 N–H and O–H groups in total. The van der Waals surface area contributed by atoms with Gasteiger partial charge in [0.25, 0.3) is 0 Å². The fraction of sp³-hybridized carbons (Fsp3) is 0.286. The number of fused-ring (bicyclic) bond motifs is 1. The summed E-state index contributed by atoms with van der Waals surface area (Å²) in [6, 6.07) is 7.86. The van der Waals surface area contributed by atoms with Crippen molar-refractivity contribution in [3.8, 4) is 5.75 Å². The number of nitrogens with one attached hydrogen (secondary N) is 2. The summed E-state index contributed by atoms with van der Waals surface area (Å²) in [5, 5.41) is 3.13. The van der Waals surface area contributed by atoms with Gasteiger partial charge in [-0.1, -0.05) is 12.1 Å². The van der Waals surface area contributed by atoms with Gasteiger partial charge in [0.2, 0.25) is 0 Å². The van der Waals surface area contributed by atoms with Gasteiger partial charge in [-0.2, -0.15) is 4.98 Å². The molecule has 0 amide bonds. The molecule has 0 saturated carbocycles. The molecule has 1 aromatic heterocycles. The Morgan fingerprint density at radius 2 is 2.32 bits per heavy atom. The number of anilines is 1. The summed E-state index contributed by atoms with van der Waals surface area (Å²) in [7, 11) is 1.65. The highest BCUT2D eigenvalue weighted by atomic mass is 16.5. The van der Waals surface area contributed by atoms with Gasteiger partial charge in [0.1, 0.15) is 11.6 Å². The van der Waals surface area contributed by atoms with Crippen LogP contribution in [-0.4, -0.2) is 23.6 Å². The molecule has 0 bridgehead atoms. The minimum atomic E-state index is -0.300. The molecule has 1 aromatic carbocycles. The molecule has 2 heterocycles. The summed E-state index contributed by atoms with van der Waals surface area (Å²) in [5.74, 6) is 1.55. The zero-order valence-corrected chi connectivity index (χ0v) is 10.7. The maximum Gasteiger partial charge on any atom is 0.347 e. The molecule has 1 aliphatic rings. The lowest BCUT2D eigenvalue weighted by molar-refractivity contribution is 0.414. The van der Waals surface area contributed by atoms with Crippen molar-refractivity contribution in [3.05, 3.63) is 51.6 Å². The highest BCUT2D eigenvalue weighted by molar-refractivity contribution is 5.51. The molecule has 0 radical (unpaired) electrons. The van der Waals surface area contributed by atoms with Crippen LogP contribution in [0.15, 0.2) is 29.1 Å². The van der Waals surface area contributed by atoms with E-state index in [0.29, 0.717) is 6.42 Å². The van der Waals surface area contributed by atoms with Gasteiger partial charge in [-0.25, -0.2) is 4.79 Å². The first-order chi connectivity index (χ1) is 9.26. The van der Waals surface area contributed by atoms with E-state index in [1.165, 1.54) is 0 Å². The lowest BCUT2D eigenvalue weighted by Gasteiger charge is -2.08. The molecular formula is C14H15N3O2. The average Bonchev–Trinajstić information content (AvgIpc) is 2.87. The van der Waals surface area contributed by atoms with Crippen molar-refractivity contribution in [1.29, 1.82) is 0 Å². The number of aromatic amines is 1. The number of H-pyrrole nitrogens is 1. The van der Waals surface area contributed by atoms with E-state index in [9.17, 15) is 4.79 Å². The van der Waals surface area contributed by atoms with Gasteiger partial charge in [-0.05, 0) is 24.1 Å². The second-order valence-corrected chi connectivity index (χ2v) is 4.55. The first-order valence-corrected chi connectivity index (χ1v) is 6.25. The normalized spacial score (nSPS) is 12.9. The fourth-order valence-electron chi connectivity index (χ4n) is 2.40. The van der Waals surface area contributed by atoms with Gasteiger partial charge in [0, 0.05) is 24.2 Å². The average molecular weight is 257 g/mol. The van der Waals surface area contributed by atoms with Crippen molar-refractivity contribution >= 4 is 5.82 Å². The molecule has 0 atom stereocenters. The number of benzene rings is 1. The number of hydrogen-bond donors (Lipinski definition) is 2. The lowest BCUT2D eigenvalue weighted by Crippen LogP contribution is -2.15. The Labute approximate surface area is 110 Å². The molecule has 0 fully saturated rings. The van der Waals surface area contributed by atoms with E-state index in [2.05, 4.69) is 15.3 Å². The van der Waals surface area contributed by atoms with Crippen LogP contribution >= 0.6 is 0 Å². The van der Waals surface area contributed by atoms with Gasteiger partial charge in [-0.3, -0.25) is 0 Å². The monoisotopic (exact) mass is 257 g/mol. The molecule has 0 aliphatic carbocycles. The molecule has 0 saturated heterocycles. The van der Waals surface area contributed by atoms with Crippen LogP contribution in [0.4, 0.5) is 5.82 Å². The number of aromatic nitrogens is 2. The SMILES string of the molecule is COc1cccc(Cc2[nH]c(=O)nc3c2CCN3)c1. The van der Waals surface area contributed by atoms with Crippen molar-refractivity contribution in [3.63, 3.8) is 0 Å². The molecular weight excluding hydrogens is 242 g/mol. The third-order valence-corrected chi connectivity index (χ3v) is 3.30. The molecule has 0 unspecified atom stereocenters. The second-order valence-electron chi connectivity index (χ2n) is 4.55. The number of hydrogen-bond acceptors (Lipinski definition) is 4. The maximum absolute atomic E-state index is 11.5. The van der Waals surface area contributed by atoms with Crippen molar-refractivity contribution in [2.24, 2.45) is 0 Å². The quantitative estimate of drug-likeness (QED) is 0.870. The summed E-state index contributed by atoms with van der Waals surface area (Å²) in [6.07, 6.45) is 1.58. The Morgan fingerprint density at radius 1 is 1.42 bits per heavy atom. The standard InChI is InChI=1S/C14H15N3O2/c1-19-10-4-2-3-9(7-10)8-12-11-5-6-15-13(11)17-14(18)16-12/h2-4,7H,5-6,8H2,1H3,(H2,15,16,17,18). The van der Waals surface area contributed by atoms with Crippen molar-refractivity contribution in [2.75, 3.05) is 19.0 Å². The van der Waals surface area contributed by atoms with Gasteiger partial charge in [0.15, 0.2) is 0 Å². The van der Waals surface area contributed by atoms with E-state index >= 15 is 0 Å². The highest BCUT2D eigenvalue weighted by Crippen LogP contribution is 2.23. The topological polar surface area (TPSA) is 67.0 Å². The van der Waals surface area contributed by atoms with Gasteiger partial charge in [-0.15, -0.1) is 0 Å². The van der Waals surface area contributed by atoms with E-state index in [1.54, 1.807) is 7.11 Å². The number of ether oxygens (including phenoxy) is 1. The van der Waals surface area contributed by atoms with Crippen LogP contribution in [0.1, 0.15) is 16.8 Å².